The maximum atomic E-state index is 14.1. The normalized spacial score (nSPS) is 12.5. The molecule has 0 bridgehead atoms. The molecule has 0 saturated carbocycles. The van der Waals surface area contributed by atoms with Gasteiger partial charge in [0, 0.05) is 48.2 Å². The van der Waals surface area contributed by atoms with E-state index in [9.17, 15) is 4.39 Å². The van der Waals surface area contributed by atoms with Crippen LogP contribution in [-0.2, 0) is 7.05 Å². The maximum Gasteiger partial charge on any atom is 0.125 e. The molecule has 3 aromatic heterocycles. The molecule has 2 aromatic carbocycles. The second-order valence-electron chi connectivity index (χ2n) is 6.86. The van der Waals surface area contributed by atoms with Gasteiger partial charge in [-0.05, 0) is 31.2 Å². The van der Waals surface area contributed by atoms with Gasteiger partial charge in [0.05, 0.1) is 22.7 Å². The largest absolute Gasteiger partial charge is 0.486 e. The fourth-order valence-electron chi connectivity index (χ4n) is 3.47. The summed E-state index contributed by atoms with van der Waals surface area (Å²) in [5.41, 5.74) is 4.38. The van der Waals surface area contributed by atoms with Crippen molar-refractivity contribution in [2.45, 2.75) is 13.0 Å². The monoisotopic (exact) mass is 388 g/mol. The highest BCUT2D eigenvalue weighted by Gasteiger charge is 2.16. The Balaban J connectivity index is 1.52. The molecule has 0 aliphatic heterocycles. The summed E-state index contributed by atoms with van der Waals surface area (Å²) in [7, 11) is 1.86. The number of benzene rings is 2. The molecule has 0 saturated heterocycles. The van der Waals surface area contributed by atoms with E-state index in [0.29, 0.717) is 22.3 Å². The molecular weight excluding hydrogens is 371 g/mol. The van der Waals surface area contributed by atoms with Crippen molar-refractivity contribution in [1.82, 2.24) is 29.9 Å². The van der Waals surface area contributed by atoms with E-state index in [1.165, 1.54) is 12.1 Å². The van der Waals surface area contributed by atoms with Crippen LogP contribution in [0.1, 0.15) is 18.6 Å². The number of ether oxygens (including phenoxy) is 1. The molecule has 1 N–H and O–H groups in total. The predicted octanol–water partition coefficient (Wildman–Crippen LogP) is 4.19. The number of hydrogen-bond donors (Lipinski definition) is 1. The maximum absolute atomic E-state index is 14.1. The lowest BCUT2D eigenvalue weighted by Gasteiger charge is -2.16. The molecule has 5 rings (SSSR count). The van der Waals surface area contributed by atoms with Crippen molar-refractivity contribution < 1.29 is 9.13 Å². The Hall–Kier alpha value is -3.81. The first-order valence-corrected chi connectivity index (χ1v) is 9.12. The zero-order chi connectivity index (χ0) is 20.0. The summed E-state index contributed by atoms with van der Waals surface area (Å²) in [6.45, 7) is 1.87. The van der Waals surface area contributed by atoms with Crippen molar-refractivity contribution in [3.63, 3.8) is 0 Å². The Labute approximate surface area is 165 Å². The lowest BCUT2D eigenvalue weighted by Crippen LogP contribution is -2.05. The molecule has 0 aliphatic carbocycles. The quantitative estimate of drug-likeness (QED) is 0.499. The topological polar surface area (TPSA) is 81.5 Å². The van der Waals surface area contributed by atoms with Crippen molar-refractivity contribution in [2.24, 2.45) is 7.05 Å². The third-order valence-corrected chi connectivity index (χ3v) is 4.83. The number of rotatable bonds is 4. The number of nitrogens with one attached hydrogen (secondary N) is 1. The van der Waals surface area contributed by atoms with Gasteiger partial charge < -0.3 is 4.74 Å². The molecule has 0 radical (unpaired) electrons. The minimum absolute atomic E-state index is 0.368. The lowest BCUT2D eigenvalue weighted by atomic mass is 10.1. The highest BCUT2D eigenvalue weighted by atomic mass is 19.1. The summed E-state index contributed by atoms with van der Waals surface area (Å²) >= 11 is 0. The number of aromatic amines is 1. The predicted molar refractivity (Wildman–Crippen MR) is 107 cm³/mol. The third kappa shape index (κ3) is 3.08. The number of aromatic nitrogens is 6. The molecular formula is C21H17FN6O. The molecule has 8 heteroatoms. The molecule has 0 spiro atoms. The summed E-state index contributed by atoms with van der Waals surface area (Å²) in [6.07, 6.45) is 6.39. The number of hydrogen-bond acceptors (Lipinski definition) is 5. The van der Waals surface area contributed by atoms with E-state index < -0.39 is 6.10 Å². The number of halogens is 1. The van der Waals surface area contributed by atoms with E-state index in [0.717, 1.165) is 22.2 Å². The average molecular weight is 388 g/mol. The van der Waals surface area contributed by atoms with Crippen LogP contribution in [0.4, 0.5) is 4.39 Å². The Kier molecular flexibility index (Phi) is 3.97. The fourth-order valence-corrected chi connectivity index (χ4v) is 3.47. The van der Waals surface area contributed by atoms with Crippen LogP contribution in [0.3, 0.4) is 0 Å². The Morgan fingerprint density at radius 3 is 2.83 bits per heavy atom. The third-order valence-electron chi connectivity index (χ3n) is 4.83. The van der Waals surface area contributed by atoms with Crippen molar-refractivity contribution >= 4 is 21.9 Å². The zero-order valence-corrected chi connectivity index (χ0v) is 15.8. The van der Waals surface area contributed by atoms with Gasteiger partial charge in [0.2, 0.25) is 0 Å². The van der Waals surface area contributed by atoms with Gasteiger partial charge in [-0.3, -0.25) is 19.7 Å². The fraction of sp³-hybridized carbons (Fsp3) is 0.143. The van der Waals surface area contributed by atoms with E-state index in [4.69, 9.17) is 4.74 Å². The zero-order valence-electron chi connectivity index (χ0n) is 15.8. The Bertz CT molecular complexity index is 1340. The van der Waals surface area contributed by atoms with Crippen LogP contribution in [0, 0.1) is 5.82 Å². The van der Waals surface area contributed by atoms with E-state index in [2.05, 4.69) is 25.3 Å². The smallest absolute Gasteiger partial charge is 0.125 e. The van der Waals surface area contributed by atoms with Crippen LogP contribution in [0.25, 0.3) is 33.2 Å². The number of nitrogens with zero attached hydrogens (tertiary/aromatic N) is 5. The van der Waals surface area contributed by atoms with Crippen LogP contribution in [0.2, 0.25) is 0 Å². The van der Waals surface area contributed by atoms with E-state index in [1.807, 2.05) is 38.4 Å². The molecule has 29 heavy (non-hydrogen) atoms. The molecule has 0 fully saturated rings. The molecule has 144 valence electrons. The van der Waals surface area contributed by atoms with Gasteiger partial charge in [0.25, 0.3) is 0 Å². The van der Waals surface area contributed by atoms with Crippen LogP contribution >= 0.6 is 0 Å². The van der Waals surface area contributed by atoms with Gasteiger partial charge in [-0.15, -0.1) is 0 Å². The number of aryl methyl sites for hydroxylation is 1. The van der Waals surface area contributed by atoms with E-state index in [-0.39, 0.29) is 5.82 Å². The average Bonchev–Trinajstić information content (AvgIpc) is 3.32. The molecule has 1 unspecified atom stereocenters. The van der Waals surface area contributed by atoms with Gasteiger partial charge in [-0.2, -0.15) is 10.2 Å². The molecule has 5 aromatic rings. The minimum atomic E-state index is -0.420. The van der Waals surface area contributed by atoms with Crippen molar-refractivity contribution in [2.75, 3.05) is 0 Å². The van der Waals surface area contributed by atoms with Gasteiger partial charge in [0.1, 0.15) is 23.4 Å². The molecule has 1 atom stereocenters. The standard InChI is InChI=1S/C21H17FN6O/c1-12(16-7-14(22)8-19-21(16)24-6-5-23-19)29-15-3-4-18-17(9-15)20(27-26-18)13-10-25-28(2)11-13/h3-12H,1-2H3,(H,26,27). The highest BCUT2D eigenvalue weighted by molar-refractivity contribution is 5.93. The van der Waals surface area contributed by atoms with Crippen LogP contribution in [0.15, 0.2) is 55.1 Å². The first-order valence-electron chi connectivity index (χ1n) is 9.12. The van der Waals surface area contributed by atoms with Crippen molar-refractivity contribution in [3.05, 3.63) is 66.5 Å². The summed E-state index contributed by atoms with van der Waals surface area (Å²) in [6, 6.07) is 8.51. The van der Waals surface area contributed by atoms with Gasteiger partial charge >= 0.3 is 0 Å². The van der Waals surface area contributed by atoms with Crippen molar-refractivity contribution in [1.29, 1.82) is 0 Å². The molecule has 0 amide bonds. The summed E-state index contributed by atoms with van der Waals surface area (Å²) in [5.74, 6) is 0.283. The summed E-state index contributed by atoms with van der Waals surface area (Å²) in [5, 5.41) is 12.6. The van der Waals surface area contributed by atoms with Crippen LogP contribution in [-0.4, -0.2) is 29.9 Å². The van der Waals surface area contributed by atoms with E-state index in [1.54, 1.807) is 23.3 Å². The molecule has 0 aliphatic rings. The minimum Gasteiger partial charge on any atom is -0.486 e. The van der Waals surface area contributed by atoms with Crippen LogP contribution in [0.5, 0.6) is 5.75 Å². The second kappa shape index (κ2) is 6.66. The highest BCUT2D eigenvalue weighted by Crippen LogP contribution is 2.32. The SMILES string of the molecule is CC(Oc1ccc2[nH]nc(-c3cnn(C)c3)c2c1)c1cc(F)cc2nccnc12. The van der Waals surface area contributed by atoms with Gasteiger partial charge in [-0.1, -0.05) is 0 Å². The first kappa shape index (κ1) is 17.3. The molecule has 3 heterocycles. The Morgan fingerprint density at radius 1 is 1.14 bits per heavy atom. The lowest BCUT2D eigenvalue weighted by molar-refractivity contribution is 0.228. The van der Waals surface area contributed by atoms with Crippen LogP contribution < -0.4 is 4.74 Å². The Morgan fingerprint density at radius 2 is 2.00 bits per heavy atom. The molecule has 7 nitrogen and oxygen atoms in total. The first-order chi connectivity index (χ1) is 14.1. The summed E-state index contributed by atoms with van der Waals surface area (Å²) < 4.78 is 21.9. The number of fused-ring (bicyclic) bond motifs is 2. The second-order valence-corrected chi connectivity index (χ2v) is 6.86. The number of H-pyrrole nitrogens is 1. The van der Waals surface area contributed by atoms with Gasteiger partial charge in [0.15, 0.2) is 0 Å². The summed E-state index contributed by atoms with van der Waals surface area (Å²) in [4.78, 5) is 8.54. The van der Waals surface area contributed by atoms with E-state index >= 15 is 0 Å². The van der Waals surface area contributed by atoms with Gasteiger partial charge in [-0.25, -0.2) is 4.39 Å². The van der Waals surface area contributed by atoms with Crippen molar-refractivity contribution in [3.8, 4) is 17.0 Å².